The Kier molecular flexibility index (Phi) is 3.44. The van der Waals surface area contributed by atoms with Gasteiger partial charge in [0.2, 0.25) is 0 Å². The summed E-state index contributed by atoms with van der Waals surface area (Å²) in [5, 5.41) is 11.8. The lowest BCUT2D eigenvalue weighted by atomic mass is 10.2. The number of aryl methyl sites for hydroxylation is 1. The molecule has 1 aromatic heterocycles. The fourth-order valence-electron chi connectivity index (χ4n) is 1.55. The average molecular weight is 235 g/mol. The van der Waals surface area contributed by atoms with Gasteiger partial charge in [-0.3, -0.25) is 0 Å². The molecule has 2 aromatic rings. The predicted octanol–water partition coefficient (Wildman–Crippen LogP) is 2.83. The standard InChI is InChI=1S/C13H14FNO2/c1-9-2-5-13(12(14)6-9)15-7-10-3-4-11(8-16)17-10/h2-6,15-16H,7-8H2,1H3. The van der Waals surface area contributed by atoms with Crippen molar-refractivity contribution in [3.8, 4) is 0 Å². The molecule has 0 bridgehead atoms. The Morgan fingerprint density at radius 3 is 2.65 bits per heavy atom. The zero-order chi connectivity index (χ0) is 12.3. The third-order valence-electron chi connectivity index (χ3n) is 2.45. The minimum atomic E-state index is -0.279. The van der Waals surface area contributed by atoms with Gasteiger partial charge >= 0.3 is 0 Å². The van der Waals surface area contributed by atoms with Gasteiger partial charge in [-0.15, -0.1) is 0 Å². The first-order valence-corrected chi connectivity index (χ1v) is 5.37. The molecule has 2 N–H and O–H groups in total. The first kappa shape index (κ1) is 11.7. The van der Waals surface area contributed by atoms with Crippen molar-refractivity contribution in [2.24, 2.45) is 0 Å². The van der Waals surface area contributed by atoms with Gasteiger partial charge < -0.3 is 14.8 Å². The van der Waals surface area contributed by atoms with Crippen LogP contribution in [0.4, 0.5) is 10.1 Å². The Balaban J connectivity index is 2.02. The molecule has 0 spiro atoms. The van der Waals surface area contributed by atoms with Crippen LogP contribution in [0.1, 0.15) is 17.1 Å². The van der Waals surface area contributed by atoms with E-state index in [1.54, 1.807) is 18.2 Å². The van der Waals surface area contributed by atoms with Gasteiger partial charge in [0.25, 0.3) is 0 Å². The second kappa shape index (κ2) is 5.01. The maximum atomic E-state index is 13.5. The number of aliphatic hydroxyl groups is 1. The minimum absolute atomic E-state index is 0.126. The molecule has 90 valence electrons. The Hall–Kier alpha value is -1.81. The Morgan fingerprint density at radius 1 is 1.24 bits per heavy atom. The quantitative estimate of drug-likeness (QED) is 0.856. The fraction of sp³-hybridized carbons (Fsp3) is 0.231. The van der Waals surface area contributed by atoms with Crippen molar-refractivity contribution in [1.82, 2.24) is 0 Å². The second-order valence-corrected chi connectivity index (χ2v) is 3.86. The number of nitrogens with one attached hydrogen (secondary N) is 1. The summed E-state index contributed by atoms with van der Waals surface area (Å²) in [6.45, 7) is 2.10. The Bertz CT molecular complexity index is 508. The summed E-state index contributed by atoms with van der Waals surface area (Å²) in [5.41, 5.74) is 1.33. The van der Waals surface area contributed by atoms with E-state index in [2.05, 4.69) is 5.32 Å². The summed E-state index contributed by atoms with van der Waals surface area (Å²) in [4.78, 5) is 0. The predicted molar refractivity (Wildman–Crippen MR) is 63.1 cm³/mol. The molecule has 0 aliphatic rings. The fourth-order valence-corrected chi connectivity index (χ4v) is 1.55. The third-order valence-corrected chi connectivity index (χ3v) is 2.45. The van der Waals surface area contributed by atoms with Gasteiger partial charge in [-0.2, -0.15) is 0 Å². The van der Waals surface area contributed by atoms with Gasteiger partial charge in [0, 0.05) is 0 Å². The molecule has 4 heteroatoms. The zero-order valence-corrected chi connectivity index (χ0v) is 9.53. The van der Waals surface area contributed by atoms with Crippen LogP contribution >= 0.6 is 0 Å². The van der Waals surface area contributed by atoms with Crippen LogP contribution in [-0.2, 0) is 13.2 Å². The molecule has 0 atom stereocenters. The normalized spacial score (nSPS) is 10.5. The molecule has 0 saturated carbocycles. The van der Waals surface area contributed by atoms with Crippen LogP contribution in [0, 0.1) is 12.7 Å². The number of rotatable bonds is 4. The van der Waals surface area contributed by atoms with Crippen LogP contribution in [0.15, 0.2) is 34.7 Å². The second-order valence-electron chi connectivity index (χ2n) is 3.86. The highest BCUT2D eigenvalue weighted by molar-refractivity contribution is 5.46. The van der Waals surface area contributed by atoms with E-state index in [0.29, 0.717) is 23.8 Å². The van der Waals surface area contributed by atoms with Crippen LogP contribution in [0.2, 0.25) is 0 Å². The average Bonchev–Trinajstić information content (AvgIpc) is 2.76. The van der Waals surface area contributed by atoms with Gasteiger partial charge in [-0.25, -0.2) is 4.39 Å². The molecule has 0 amide bonds. The van der Waals surface area contributed by atoms with Crippen LogP contribution in [0.5, 0.6) is 0 Å². The molecule has 1 heterocycles. The number of benzene rings is 1. The monoisotopic (exact) mass is 235 g/mol. The van der Waals surface area contributed by atoms with Crippen molar-refractivity contribution in [1.29, 1.82) is 0 Å². The van der Waals surface area contributed by atoms with Gasteiger partial charge in [0.1, 0.15) is 23.9 Å². The molecular weight excluding hydrogens is 221 g/mol. The Labute approximate surface area is 98.9 Å². The smallest absolute Gasteiger partial charge is 0.146 e. The van der Waals surface area contributed by atoms with E-state index in [0.717, 1.165) is 5.56 Å². The van der Waals surface area contributed by atoms with Crippen molar-refractivity contribution >= 4 is 5.69 Å². The number of aliphatic hydroxyl groups excluding tert-OH is 1. The first-order chi connectivity index (χ1) is 8.19. The van der Waals surface area contributed by atoms with Crippen LogP contribution < -0.4 is 5.32 Å². The van der Waals surface area contributed by atoms with Crippen LogP contribution in [-0.4, -0.2) is 5.11 Å². The molecule has 0 saturated heterocycles. The van der Waals surface area contributed by atoms with Crippen molar-refractivity contribution in [3.63, 3.8) is 0 Å². The molecule has 0 fully saturated rings. The van der Waals surface area contributed by atoms with Crippen molar-refractivity contribution in [2.75, 3.05) is 5.32 Å². The van der Waals surface area contributed by atoms with E-state index in [9.17, 15) is 4.39 Å². The maximum Gasteiger partial charge on any atom is 0.146 e. The molecule has 0 aliphatic carbocycles. The molecule has 0 aliphatic heterocycles. The summed E-state index contributed by atoms with van der Waals surface area (Å²) in [5.74, 6) is 0.888. The highest BCUT2D eigenvalue weighted by Crippen LogP contribution is 2.17. The number of furan rings is 1. The summed E-state index contributed by atoms with van der Waals surface area (Å²) >= 11 is 0. The number of hydrogen-bond acceptors (Lipinski definition) is 3. The minimum Gasteiger partial charge on any atom is -0.462 e. The molecule has 0 radical (unpaired) electrons. The molecule has 2 rings (SSSR count). The van der Waals surface area contributed by atoms with E-state index >= 15 is 0 Å². The topological polar surface area (TPSA) is 45.4 Å². The lowest BCUT2D eigenvalue weighted by Crippen LogP contribution is -2.00. The van der Waals surface area contributed by atoms with Gasteiger partial charge in [0.15, 0.2) is 0 Å². The van der Waals surface area contributed by atoms with Crippen molar-refractivity contribution < 1.29 is 13.9 Å². The summed E-state index contributed by atoms with van der Waals surface area (Å²) in [7, 11) is 0. The van der Waals surface area contributed by atoms with Gasteiger partial charge in [0.05, 0.1) is 12.2 Å². The molecular formula is C13H14FNO2. The number of hydrogen-bond donors (Lipinski definition) is 2. The summed E-state index contributed by atoms with van der Waals surface area (Å²) in [6.07, 6.45) is 0. The van der Waals surface area contributed by atoms with E-state index < -0.39 is 0 Å². The van der Waals surface area contributed by atoms with Crippen molar-refractivity contribution in [3.05, 3.63) is 53.2 Å². The zero-order valence-electron chi connectivity index (χ0n) is 9.53. The van der Waals surface area contributed by atoms with Crippen molar-refractivity contribution in [2.45, 2.75) is 20.1 Å². The molecule has 0 unspecified atom stereocenters. The highest BCUT2D eigenvalue weighted by atomic mass is 19.1. The summed E-state index contributed by atoms with van der Waals surface area (Å²) < 4.78 is 18.8. The molecule has 17 heavy (non-hydrogen) atoms. The number of halogens is 1. The van der Waals surface area contributed by atoms with Gasteiger partial charge in [-0.05, 0) is 36.8 Å². The number of anilines is 1. The summed E-state index contributed by atoms with van der Waals surface area (Å²) in [6, 6.07) is 8.46. The molecule has 1 aromatic carbocycles. The van der Waals surface area contributed by atoms with Crippen LogP contribution in [0.3, 0.4) is 0 Å². The van der Waals surface area contributed by atoms with Gasteiger partial charge in [-0.1, -0.05) is 6.07 Å². The van der Waals surface area contributed by atoms with E-state index in [1.807, 2.05) is 13.0 Å². The lowest BCUT2D eigenvalue weighted by molar-refractivity contribution is 0.244. The third kappa shape index (κ3) is 2.85. The highest BCUT2D eigenvalue weighted by Gasteiger charge is 2.04. The largest absolute Gasteiger partial charge is 0.462 e. The van der Waals surface area contributed by atoms with E-state index in [-0.39, 0.29) is 12.4 Å². The Morgan fingerprint density at radius 2 is 2.00 bits per heavy atom. The van der Waals surface area contributed by atoms with Crippen LogP contribution in [0.25, 0.3) is 0 Å². The first-order valence-electron chi connectivity index (χ1n) is 5.37. The lowest BCUT2D eigenvalue weighted by Gasteiger charge is -2.06. The molecule has 3 nitrogen and oxygen atoms in total. The van der Waals surface area contributed by atoms with E-state index in [4.69, 9.17) is 9.52 Å². The van der Waals surface area contributed by atoms with E-state index in [1.165, 1.54) is 6.07 Å². The maximum absolute atomic E-state index is 13.5. The SMILES string of the molecule is Cc1ccc(NCc2ccc(CO)o2)c(F)c1.